The molecule has 0 fully saturated rings. The fourth-order valence-electron chi connectivity index (χ4n) is 2.66. The van der Waals surface area contributed by atoms with Crippen LogP contribution >= 0.6 is 11.6 Å². The molecule has 1 atom stereocenters. The van der Waals surface area contributed by atoms with Gasteiger partial charge < -0.3 is 24.8 Å². The van der Waals surface area contributed by atoms with E-state index in [1.54, 1.807) is 6.20 Å². The van der Waals surface area contributed by atoms with E-state index >= 15 is 0 Å². The number of ether oxygens (including phenoxy) is 3. The Bertz CT molecular complexity index is 773. The molecule has 2 N–H and O–H groups in total. The molecule has 2 aromatic rings. The summed E-state index contributed by atoms with van der Waals surface area (Å²) < 4.78 is 16.6. The number of amides is 1. The first-order valence-corrected chi connectivity index (χ1v) is 10.4. The van der Waals surface area contributed by atoms with Crippen molar-refractivity contribution in [2.45, 2.75) is 46.1 Å². The van der Waals surface area contributed by atoms with Gasteiger partial charge in [-0.2, -0.15) is 0 Å². The first kappa shape index (κ1) is 23.9. The monoisotopic (exact) mass is 436 g/mol. The van der Waals surface area contributed by atoms with Gasteiger partial charge in [0.05, 0.1) is 5.56 Å². The van der Waals surface area contributed by atoms with E-state index < -0.39 is 12.4 Å². The van der Waals surface area contributed by atoms with Crippen molar-refractivity contribution in [3.05, 3.63) is 52.9 Å². The first-order valence-electron chi connectivity index (χ1n) is 10.0. The molecule has 0 aliphatic rings. The fourth-order valence-corrected chi connectivity index (χ4v) is 2.80. The van der Waals surface area contributed by atoms with Gasteiger partial charge in [0.2, 0.25) is 5.28 Å². The number of benzene rings is 1. The number of halogens is 1. The Morgan fingerprint density at radius 1 is 1.13 bits per heavy atom. The molecule has 1 unspecified atom stereocenters. The van der Waals surface area contributed by atoms with Crippen LogP contribution in [-0.2, 0) is 20.8 Å². The molecule has 30 heavy (non-hydrogen) atoms. The number of hydrogen-bond acceptors (Lipinski definition) is 7. The summed E-state index contributed by atoms with van der Waals surface area (Å²) in [7, 11) is 0. The van der Waals surface area contributed by atoms with Gasteiger partial charge in [0.1, 0.15) is 12.4 Å². The summed E-state index contributed by atoms with van der Waals surface area (Å²) in [6.07, 6.45) is 1.19. The lowest BCUT2D eigenvalue weighted by Gasteiger charge is -2.22. The molecule has 1 aromatic heterocycles. The number of hydrogen-bond donors (Lipinski definition) is 2. The van der Waals surface area contributed by atoms with E-state index in [0.717, 1.165) is 5.56 Å². The van der Waals surface area contributed by atoms with Gasteiger partial charge in [-0.15, -0.1) is 0 Å². The quantitative estimate of drug-likeness (QED) is 0.378. The summed E-state index contributed by atoms with van der Waals surface area (Å²) in [4.78, 5) is 20.4. The summed E-state index contributed by atoms with van der Waals surface area (Å²) in [6.45, 7) is 7.32. The van der Waals surface area contributed by atoms with E-state index in [2.05, 4.69) is 20.6 Å². The maximum Gasteiger partial charge on any atom is 0.407 e. The second-order valence-corrected chi connectivity index (χ2v) is 6.72. The van der Waals surface area contributed by atoms with Crippen molar-refractivity contribution >= 4 is 23.5 Å². The van der Waals surface area contributed by atoms with E-state index in [4.69, 9.17) is 25.8 Å². The zero-order valence-corrected chi connectivity index (χ0v) is 18.3. The standard InChI is InChI=1S/C21H29ClN4O4/c1-4-16(25-21(27)30-14-15-10-8-7-9-11-15)12-23-18-17(13-24-20(22)26-18)19(28-5-2)29-6-3/h7-11,13,16,19H,4-6,12,14H2,1-3H3,(H,25,27)(H,23,24,26). The summed E-state index contributed by atoms with van der Waals surface area (Å²) in [5.41, 5.74) is 1.57. The summed E-state index contributed by atoms with van der Waals surface area (Å²) in [6, 6.07) is 9.35. The molecule has 9 heteroatoms. The van der Waals surface area contributed by atoms with Crippen LogP contribution in [0.2, 0.25) is 5.28 Å². The van der Waals surface area contributed by atoms with Crippen molar-refractivity contribution in [3.8, 4) is 0 Å². The normalized spacial score (nSPS) is 11.9. The number of aromatic nitrogens is 2. The van der Waals surface area contributed by atoms with Gasteiger partial charge in [-0.3, -0.25) is 0 Å². The maximum atomic E-state index is 12.1. The van der Waals surface area contributed by atoms with E-state index in [-0.39, 0.29) is 17.9 Å². The van der Waals surface area contributed by atoms with Gasteiger partial charge in [0.25, 0.3) is 0 Å². The van der Waals surface area contributed by atoms with E-state index in [1.807, 2.05) is 51.1 Å². The molecule has 0 saturated heterocycles. The summed E-state index contributed by atoms with van der Waals surface area (Å²) >= 11 is 5.98. The van der Waals surface area contributed by atoms with Crippen LogP contribution in [0.1, 0.15) is 44.6 Å². The number of carbonyl (C=O) groups excluding carboxylic acids is 1. The average Bonchev–Trinajstić information content (AvgIpc) is 2.76. The smallest absolute Gasteiger partial charge is 0.407 e. The van der Waals surface area contributed by atoms with Gasteiger partial charge in [0, 0.05) is 32.0 Å². The molecule has 1 aromatic carbocycles. The molecule has 0 spiro atoms. The molecule has 164 valence electrons. The minimum Gasteiger partial charge on any atom is -0.445 e. The van der Waals surface area contributed by atoms with Crippen LogP contribution in [0.15, 0.2) is 36.5 Å². The second-order valence-electron chi connectivity index (χ2n) is 6.38. The van der Waals surface area contributed by atoms with E-state index in [0.29, 0.717) is 37.6 Å². The second kappa shape index (κ2) is 13.0. The number of alkyl carbamates (subject to hydrolysis) is 1. The summed E-state index contributed by atoms with van der Waals surface area (Å²) in [5, 5.41) is 6.18. The molecule has 0 aliphatic carbocycles. The number of nitrogens with one attached hydrogen (secondary N) is 2. The Balaban J connectivity index is 1.96. The highest BCUT2D eigenvalue weighted by molar-refractivity contribution is 6.28. The third-order valence-electron chi connectivity index (χ3n) is 4.22. The Morgan fingerprint density at radius 3 is 2.47 bits per heavy atom. The Morgan fingerprint density at radius 2 is 1.83 bits per heavy atom. The molecule has 0 aliphatic heterocycles. The first-order chi connectivity index (χ1) is 14.6. The number of rotatable bonds is 12. The molecule has 0 saturated carbocycles. The SMILES string of the molecule is CCOC(OCC)c1cnc(Cl)nc1NCC(CC)NC(=O)OCc1ccccc1. The van der Waals surface area contributed by atoms with Crippen LogP contribution in [-0.4, -0.2) is 41.9 Å². The molecule has 1 amide bonds. The predicted octanol–water partition coefficient (Wildman–Crippen LogP) is 4.32. The molecule has 1 heterocycles. The highest BCUT2D eigenvalue weighted by atomic mass is 35.5. The Kier molecular flexibility index (Phi) is 10.3. The molecular weight excluding hydrogens is 408 g/mol. The largest absolute Gasteiger partial charge is 0.445 e. The zero-order valence-electron chi connectivity index (χ0n) is 17.6. The van der Waals surface area contributed by atoms with Crippen LogP contribution in [0, 0.1) is 0 Å². The van der Waals surface area contributed by atoms with Crippen LogP contribution in [0.5, 0.6) is 0 Å². The molecule has 0 radical (unpaired) electrons. The van der Waals surface area contributed by atoms with Crippen LogP contribution in [0.3, 0.4) is 0 Å². The van der Waals surface area contributed by atoms with Gasteiger partial charge in [-0.1, -0.05) is 37.3 Å². The lowest BCUT2D eigenvalue weighted by molar-refractivity contribution is -0.140. The average molecular weight is 437 g/mol. The van der Waals surface area contributed by atoms with Gasteiger partial charge >= 0.3 is 6.09 Å². The highest BCUT2D eigenvalue weighted by Gasteiger charge is 2.20. The fraction of sp³-hybridized carbons (Fsp3) is 0.476. The van der Waals surface area contributed by atoms with Gasteiger partial charge in [-0.25, -0.2) is 14.8 Å². The summed E-state index contributed by atoms with van der Waals surface area (Å²) in [5.74, 6) is 0.500. The zero-order chi connectivity index (χ0) is 21.8. The third kappa shape index (κ3) is 7.78. The maximum absolute atomic E-state index is 12.1. The van der Waals surface area contributed by atoms with Crippen molar-refractivity contribution < 1.29 is 19.0 Å². The van der Waals surface area contributed by atoms with Crippen LogP contribution in [0.25, 0.3) is 0 Å². The number of nitrogens with zero attached hydrogens (tertiary/aromatic N) is 2. The Labute approximate surface area is 182 Å². The highest BCUT2D eigenvalue weighted by Crippen LogP contribution is 2.26. The van der Waals surface area contributed by atoms with Crippen molar-refractivity contribution in [1.82, 2.24) is 15.3 Å². The van der Waals surface area contributed by atoms with Crippen molar-refractivity contribution in [2.75, 3.05) is 25.1 Å². The lowest BCUT2D eigenvalue weighted by Crippen LogP contribution is -2.39. The van der Waals surface area contributed by atoms with Crippen molar-refractivity contribution in [1.29, 1.82) is 0 Å². The predicted molar refractivity (Wildman–Crippen MR) is 115 cm³/mol. The van der Waals surface area contributed by atoms with Crippen LogP contribution in [0.4, 0.5) is 10.6 Å². The minimum atomic E-state index is -0.608. The third-order valence-corrected chi connectivity index (χ3v) is 4.40. The van der Waals surface area contributed by atoms with E-state index in [1.165, 1.54) is 0 Å². The number of anilines is 1. The number of carbonyl (C=O) groups is 1. The van der Waals surface area contributed by atoms with Gasteiger partial charge in [0.15, 0.2) is 6.29 Å². The Hall–Kier alpha value is -2.42. The van der Waals surface area contributed by atoms with Crippen molar-refractivity contribution in [2.24, 2.45) is 0 Å². The van der Waals surface area contributed by atoms with Crippen LogP contribution < -0.4 is 10.6 Å². The molecule has 8 nitrogen and oxygen atoms in total. The topological polar surface area (TPSA) is 94.6 Å². The molecular formula is C21H29ClN4O4. The van der Waals surface area contributed by atoms with Crippen molar-refractivity contribution in [3.63, 3.8) is 0 Å². The lowest BCUT2D eigenvalue weighted by atomic mass is 10.2. The minimum absolute atomic E-state index is 0.108. The van der Waals surface area contributed by atoms with E-state index in [9.17, 15) is 4.79 Å². The van der Waals surface area contributed by atoms with Gasteiger partial charge in [-0.05, 0) is 37.4 Å². The molecule has 0 bridgehead atoms. The molecule has 2 rings (SSSR count).